The van der Waals surface area contributed by atoms with E-state index in [0.29, 0.717) is 0 Å². The normalized spacial score (nSPS) is 12.0. The van der Waals surface area contributed by atoms with E-state index in [9.17, 15) is 0 Å². The lowest BCUT2D eigenvalue weighted by molar-refractivity contribution is 0.254. The van der Waals surface area contributed by atoms with Crippen LogP contribution in [-0.2, 0) is 0 Å². The molecule has 0 rings (SSSR count). The van der Waals surface area contributed by atoms with E-state index in [1.165, 1.54) is 51.7 Å². The Labute approximate surface area is 104 Å². The predicted molar refractivity (Wildman–Crippen MR) is 74.9 cm³/mol. The summed E-state index contributed by atoms with van der Waals surface area (Å²) in [5.74, 6) is 1.72. The Bertz CT molecular complexity index is 126. The van der Waals surface area contributed by atoms with Gasteiger partial charge in [0.1, 0.15) is 0 Å². The molecule has 16 heavy (non-hydrogen) atoms. The maximum Gasteiger partial charge on any atom is -0.00186 e. The third kappa shape index (κ3) is 10.5. The molecule has 0 aliphatic rings. The van der Waals surface area contributed by atoms with Crippen LogP contribution in [0.3, 0.4) is 0 Å². The summed E-state index contributed by atoms with van der Waals surface area (Å²) in [5, 5.41) is 0. The highest BCUT2D eigenvalue weighted by Crippen LogP contribution is 2.08. The van der Waals surface area contributed by atoms with Crippen molar-refractivity contribution in [1.29, 1.82) is 0 Å². The van der Waals surface area contributed by atoms with Crippen LogP contribution in [0.5, 0.6) is 0 Å². The van der Waals surface area contributed by atoms with Gasteiger partial charge in [-0.2, -0.15) is 0 Å². The molecule has 0 aliphatic carbocycles. The van der Waals surface area contributed by atoms with Gasteiger partial charge in [-0.1, -0.05) is 34.6 Å². The van der Waals surface area contributed by atoms with Crippen LogP contribution in [-0.4, -0.2) is 24.5 Å². The van der Waals surface area contributed by atoms with Crippen LogP contribution in [0.25, 0.3) is 0 Å². The second-order valence-corrected chi connectivity index (χ2v) is 5.91. The molecule has 0 N–H and O–H groups in total. The molecule has 0 aliphatic heterocycles. The Balaban J connectivity index is 3.61. The summed E-state index contributed by atoms with van der Waals surface area (Å²) in [6.45, 7) is 15.5. The molecule has 0 amide bonds. The number of hydrogen-bond acceptors (Lipinski definition) is 1. The molecule has 0 spiro atoms. The minimum atomic E-state index is 0.860. The van der Waals surface area contributed by atoms with Crippen LogP contribution in [0.1, 0.15) is 66.7 Å². The first-order valence-corrected chi connectivity index (χ1v) is 7.28. The fourth-order valence-corrected chi connectivity index (χ4v) is 2.10. The van der Waals surface area contributed by atoms with Gasteiger partial charge in [0.05, 0.1) is 0 Å². The Morgan fingerprint density at radius 2 is 1.19 bits per heavy atom. The average molecular weight is 227 g/mol. The van der Waals surface area contributed by atoms with Gasteiger partial charge in [-0.15, -0.1) is 0 Å². The monoisotopic (exact) mass is 227 g/mol. The Morgan fingerprint density at radius 1 is 0.750 bits per heavy atom. The first-order chi connectivity index (χ1) is 7.56. The van der Waals surface area contributed by atoms with Gasteiger partial charge < -0.3 is 4.90 Å². The Hall–Kier alpha value is -0.0400. The van der Waals surface area contributed by atoms with Crippen LogP contribution in [0.2, 0.25) is 0 Å². The minimum absolute atomic E-state index is 0.860. The van der Waals surface area contributed by atoms with E-state index >= 15 is 0 Å². The molecule has 1 nitrogen and oxygen atoms in total. The van der Waals surface area contributed by atoms with E-state index in [0.717, 1.165) is 11.8 Å². The summed E-state index contributed by atoms with van der Waals surface area (Å²) in [4.78, 5) is 2.66. The number of rotatable bonds is 10. The quantitative estimate of drug-likeness (QED) is 0.528. The highest BCUT2D eigenvalue weighted by Gasteiger charge is 2.04. The van der Waals surface area contributed by atoms with Crippen LogP contribution >= 0.6 is 0 Å². The summed E-state index contributed by atoms with van der Waals surface area (Å²) in [5.41, 5.74) is 0. The summed E-state index contributed by atoms with van der Waals surface area (Å²) in [6, 6.07) is 0. The number of nitrogens with zero attached hydrogens (tertiary/aromatic N) is 1. The highest BCUT2D eigenvalue weighted by atomic mass is 15.1. The lowest BCUT2D eigenvalue weighted by Gasteiger charge is -2.22. The van der Waals surface area contributed by atoms with Gasteiger partial charge in [-0.05, 0) is 63.6 Å². The van der Waals surface area contributed by atoms with Crippen molar-refractivity contribution in [2.75, 3.05) is 19.6 Å². The molecule has 0 heterocycles. The third-order valence-electron chi connectivity index (χ3n) is 3.05. The van der Waals surface area contributed by atoms with Crippen LogP contribution < -0.4 is 0 Å². The number of hydrogen-bond donors (Lipinski definition) is 0. The molecule has 0 saturated heterocycles. The van der Waals surface area contributed by atoms with Crippen molar-refractivity contribution in [3.8, 4) is 0 Å². The summed E-state index contributed by atoms with van der Waals surface area (Å²) in [6.07, 6.45) is 6.80. The van der Waals surface area contributed by atoms with Crippen LogP contribution in [0, 0.1) is 11.8 Å². The zero-order valence-electron chi connectivity index (χ0n) is 12.3. The maximum absolute atomic E-state index is 2.66. The second-order valence-electron chi connectivity index (χ2n) is 5.91. The Kier molecular flexibility index (Phi) is 10.1. The van der Waals surface area contributed by atoms with Crippen LogP contribution in [0.4, 0.5) is 0 Å². The molecule has 0 bridgehead atoms. The van der Waals surface area contributed by atoms with Crippen molar-refractivity contribution >= 4 is 0 Å². The summed E-state index contributed by atoms with van der Waals surface area (Å²) in [7, 11) is 0. The van der Waals surface area contributed by atoms with Crippen molar-refractivity contribution in [2.24, 2.45) is 11.8 Å². The highest BCUT2D eigenvalue weighted by molar-refractivity contribution is 4.59. The molecule has 0 aromatic rings. The summed E-state index contributed by atoms with van der Waals surface area (Å²) >= 11 is 0. The van der Waals surface area contributed by atoms with Gasteiger partial charge in [-0.25, -0.2) is 0 Å². The summed E-state index contributed by atoms with van der Waals surface area (Å²) < 4.78 is 0. The van der Waals surface area contributed by atoms with Gasteiger partial charge in [0.15, 0.2) is 0 Å². The lowest BCUT2D eigenvalue weighted by Crippen LogP contribution is -2.27. The zero-order valence-corrected chi connectivity index (χ0v) is 12.3. The SMILES string of the molecule is CCCN(CCCC(C)C)CCCC(C)C. The van der Waals surface area contributed by atoms with Gasteiger partial charge in [0, 0.05) is 0 Å². The molecule has 0 atom stereocenters. The van der Waals surface area contributed by atoms with E-state index in [4.69, 9.17) is 0 Å². The van der Waals surface area contributed by atoms with Crippen molar-refractivity contribution in [1.82, 2.24) is 4.90 Å². The van der Waals surface area contributed by atoms with Gasteiger partial charge in [-0.3, -0.25) is 0 Å². The predicted octanol–water partition coefficient (Wildman–Crippen LogP) is 4.57. The largest absolute Gasteiger partial charge is 0.303 e. The van der Waals surface area contributed by atoms with Gasteiger partial charge in [0.25, 0.3) is 0 Å². The van der Waals surface area contributed by atoms with E-state index < -0.39 is 0 Å². The molecular formula is C15H33N. The topological polar surface area (TPSA) is 3.24 Å². The van der Waals surface area contributed by atoms with Gasteiger partial charge >= 0.3 is 0 Å². The molecular weight excluding hydrogens is 194 g/mol. The van der Waals surface area contributed by atoms with Crippen molar-refractivity contribution in [3.05, 3.63) is 0 Å². The molecule has 98 valence electrons. The standard InChI is InChI=1S/C15H33N/c1-6-11-16(12-7-9-14(2)3)13-8-10-15(4)5/h14-15H,6-13H2,1-5H3. The third-order valence-corrected chi connectivity index (χ3v) is 3.05. The van der Waals surface area contributed by atoms with Crippen molar-refractivity contribution in [2.45, 2.75) is 66.7 Å². The zero-order chi connectivity index (χ0) is 12.4. The van der Waals surface area contributed by atoms with E-state index in [2.05, 4.69) is 39.5 Å². The fourth-order valence-electron chi connectivity index (χ4n) is 2.10. The van der Waals surface area contributed by atoms with E-state index in [1.54, 1.807) is 0 Å². The van der Waals surface area contributed by atoms with E-state index in [-0.39, 0.29) is 0 Å². The maximum atomic E-state index is 2.66. The molecule has 0 aromatic carbocycles. The Morgan fingerprint density at radius 3 is 1.50 bits per heavy atom. The van der Waals surface area contributed by atoms with Gasteiger partial charge in [0.2, 0.25) is 0 Å². The smallest absolute Gasteiger partial charge is 0.00186 e. The molecule has 0 radical (unpaired) electrons. The first kappa shape index (κ1) is 16.0. The van der Waals surface area contributed by atoms with Crippen LogP contribution in [0.15, 0.2) is 0 Å². The molecule has 0 aromatic heterocycles. The molecule has 0 unspecified atom stereocenters. The average Bonchev–Trinajstić information content (AvgIpc) is 2.16. The molecule has 0 fully saturated rings. The molecule has 0 saturated carbocycles. The van der Waals surface area contributed by atoms with E-state index in [1.807, 2.05) is 0 Å². The second kappa shape index (κ2) is 10.1. The first-order valence-electron chi connectivity index (χ1n) is 7.28. The van der Waals surface area contributed by atoms with Crippen molar-refractivity contribution < 1.29 is 0 Å². The van der Waals surface area contributed by atoms with Crippen molar-refractivity contribution in [3.63, 3.8) is 0 Å². The lowest BCUT2D eigenvalue weighted by atomic mass is 10.1. The fraction of sp³-hybridized carbons (Fsp3) is 1.00. The minimum Gasteiger partial charge on any atom is -0.303 e. The molecule has 1 heteroatoms.